The Bertz CT molecular complexity index is 992. The number of benzene rings is 1. The van der Waals surface area contributed by atoms with Crippen LogP contribution in [-0.2, 0) is 23.9 Å². The van der Waals surface area contributed by atoms with Gasteiger partial charge >= 0.3 is 0 Å². The zero-order valence-electron chi connectivity index (χ0n) is 20.3. The molecule has 5 rings (SSSR count). The Hall–Kier alpha value is -2.05. The van der Waals surface area contributed by atoms with E-state index in [0.29, 0.717) is 38.4 Å². The quantitative estimate of drug-likeness (QED) is 0.386. The average molecular weight is 565 g/mol. The number of anilines is 1. The molecule has 1 spiro atoms. The summed E-state index contributed by atoms with van der Waals surface area (Å²) >= 11 is 3.66. The van der Waals surface area contributed by atoms with Gasteiger partial charge in [0.2, 0.25) is 17.7 Å². The number of likely N-dealkylation sites (tertiary alicyclic amines) is 1. The van der Waals surface area contributed by atoms with Crippen molar-refractivity contribution in [3.8, 4) is 0 Å². The molecule has 0 aromatic heterocycles. The second kappa shape index (κ2) is 10.4. The molecule has 1 aromatic carbocycles. The summed E-state index contributed by atoms with van der Waals surface area (Å²) in [6.07, 6.45) is -0.0998. The number of fused-ring (bicyclic) bond motifs is 1. The van der Waals surface area contributed by atoms with Crippen molar-refractivity contribution < 1.29 is 29.0 Å². The molecule has 11 heteroatoms. The molecule has 3 unspecified atom stereocenters. The minimum absolute atomic E-state index is 0.180. The summed E-state index contributed by atoms with van der Waals surface area (Å²) in [6.45, 7) is 5.48. The summed E-state index contributed by atoms with van der Waals surface area (Å²) in [5.41, 5.74) is -0.505. The van der Waals surface area contributed by atoms with Gasteiger partial charge in [-0.1, -0.05) is 34.1 Å². The van der Waals surface area contributed by atoms with Crippen LogP contribution in [-0.4, -0.2) is 107 Å². The number of aliphatic hydroxyl groups excluding tert-OH is 1. The normalized spacial score (nSPS) is 34.5. The van der Waals surface area contributed by atoms with Gasteiger partial charge in [-0.3, -0.25) is 19.3 Å². The molecule has 0 aliphatic carbocycles. The third-order valence-corrected chi connectivity index (χ3v) is 8.73. The van der Waals surface area contributed by atoms with Gasteiger partial charge in [-0.05, 0) is 25.5 Å². The fourth-order valence-electron chi connectivity index (χ4n) is 6.23. The first-order valence-corrected chi connectivity index (χ1v) is 13.5. The minimum atomic E-state index is -1.14. The van der Waals surface area contributed by atoms with E-state index in [4.69, 9.17) is 9.47 Å². The van der Waals surface area contributed by atoms with Gasteiger partial charge in [-0.2, -0.15) is 0 Å². The first-order valence-electron chi connectivity index (χ1n) is 12.6. The average Bonchev–Trinajstić information content (AvgIpc) is 3.48. The van der Waals surface area contributed by atoms with Gasteiger partial charge in [0.05, 0.1) is 43.8 Å². The van der Waals surface area contributed by atoms with Gasteiger partial charge < -0.3 is 30.1 Å². The van der Waals surface area contributed by atoms with E-state index in [-0.39, 0.29) is 29.2 Å². The highest BCUT2D eigenvalue weighted by molar-refractivity contribution is 9.09. The Kier molecular flexibility index (Phi) is 7.37. The summed E-state index contributed by atoms with van der Waals surface area (Å²) in [5.74, 6) is -2.50. The number of aliphatic hydroxyl groups is 1. The van der Waals surface area contributed by atoms with E-state index in [2.05, 4.69) is 31.5 Å². The Balaban J connectivity index is 1.39. The zero-order valence-corrected chi connectivity index (χ0v) is 21.9. The number of carbonyl (C=O) groups excluding carboxylic acids is 3. The molecule has 10 nitrogen and oxygen atoms in total. The largest absolute Gasteiger partial charge is 0.394 e. The maximum absolute atomic E-state index is 13.8. The van der Waals surface area contributed by atoms with Crippen molar-refractivity contribution in [2.24, 2.45) is 11.8 Å². The van der Waals surface area contributed by atoms with Gasteiger partial charge in [0, 0.05) is 36.7 Å². The SMILES string of the molecule is C[C@H](CO)N1C(=O)[C@@H]2[C@@H](C(=O)Nc3ccccc3)[C@@H]3OC2(CC3Br)C1C(=O)NCCN1CCOCC1. The molecule has 4 aliphatic rings. The van der Waals surface area contributed by atoms with Crippen LogP contribution in [0.3, 0.4) is 0 Å². The Morgan fingerprint density at radius 3 is 2.64 bits per heavy atom. The molecule has 4 saturated heterocycles. The van der Waals surface area contributed by atoms with Gasteiger partial charge in [-0.25, -0.2) is 0 Å². The summed E-state index contributed by atoms with van der Waals surface area (Å²) in [4.78, 5) is 44.4. The van der Waals surface area contributed by atoms with E-state index in [1.54, 1.807) is 19.1 Å². The minimum Gasteiger partial charge on any atom is -0.394 e. The van der Waals surface area contributed by atoms with Crippen LogP contribution in [0.25, 0.3) is 0 Å². The second-order valence-electron chi connectivity index (χ2n) is 10.0. The number of nitrogens with zero attached hydrogens (tertiary/aromatic N) is 2. The maximum Gasteiger partial charge on any atom is 0.245 e. The van der Waals surface area contributed by atoms with Crippen LogP contribution in [0, 0.1) is 11.8 Å². The van der Waals surface area contributed by atoms with Crippen LogP contribution in [0.5, 0.6) is 0 Å². The van der Waals surface area contributed by atoms with Crippen molar-refractivity contribution in [1.29, 1.82) is 0 Å². The van der Waals surface area contributed by atoms with Crippen LogP contribution in [0.4, 0.5) is 5.69 Å². The van der Waals surface area contributed by atoms with Crippen molar-refractivity contribution in [3.05, 3.63) is 30.3 Å². The number of hydrogen-bond donors (Lipinski definition) is 3. The summed E-state index contributed by atoms with van der Waals surface area (Å²) < 4.78 is 11.8. The van der Waals surface area contributed by atoms with E-state index in [1.165, 1.54) is 4.90 Å². The molecular weight excluding hydrogens is 532 g/mol. The highest BCUT2D eigenvalue weighted by Gasteiger charge is 2.76. The molecule has 0 radical (unpaired) electrons. The van der Waals surface area contributed by atoms with Gasteiger partial charge in [0.1, 0.15) is 11.6 Å². The number of nitrogens with one attached hydrogen (secondary N) is 2. The van der Waals surface area contributed by atoms with E-state index >= 15 is 0 Å². The fourth-order valence-corrected chi connectivity index (χ4v) is 7.18. The molecule has 4 fully saturated rings. The number of carbonyl (C=O) groups is 3. The van der Waals surface area contributed by atoms with Crippen LogP contribution < -0.4 is 10.6 Å². The Morgan fingerprint density at radius 1 is 1.22 bits per heavy atom. The van der Waals surface area contributed by atoms with E-state index in [1.807, 2.05) is 18.2 Å². The monoisotopic (exact) mass is 564 g/mol. The summed E-state index contributed by atoms with van der Waals surface area (Å²) in [7, 11) is 0. The lowest BCUT2D eigenvalue weighted by Gasteiger charge is -2.36. The molecular formula is C25H33BrN4O6. The Morgan fingerprint density at radius 2 is 1.94 bits per heavy atom. The number of hydrogen-bond acceptors (Lipinski definition) is 7. The van der Waals surface area contributed by atoms with Crippen LogP contribution >= 0.6 is 15.9 Å². The molecule has 3 N–H and O–H groups in total. The molecule has 3 amide bonds. The van der Waals surface area contributed by atoms with E-state index < -0.39 is 35.6 Å². The van der Waals surface area contributed by atoms with Crippen LogP contribution in [0.1, 0.15) is 13.3 Å². The van der Waals surface area contributed by atoms with Gasteiger partial charge in [-0.15, -0.1) is 0 Å². The molecule has 4 heterocycles. The lowest BCUT2D eigenvalue weighted by molar-refractivity contribution is -0.144. The van der Waals surface area contributed by atoms with Crippen molar-refractivity contribution in [1.82, 2.24) is 15.1 Å². The number of para-hydroxylation sites is 1. The highest BCUT2D eigenvalue weighted by Crippen LogP contribution is 2.60. The third-order valence-electron chi connectivity index (χ3n) is 7.89. The number of halogens is 1. The summed E-state index contributed by atoms with van der Waals surface area (Å²) in [6, 6.07) is 7.55. The fraction of sp³-hybridized carbons (Fsp3) is 0.640. The van der Waals surface area contributed by atoms with Gasteiger partial charge in [0.25, 0.3) is 0 Å². The Labute approximate surface area is 218 Å². The number of amides is 3. The first kappa shape index (κ1) is 25.6. The van der Waals surface area contributed by atoms with Crippen LogP contribution in [0.2, 0.25) is 0 Å². The number of rotatable bonds is 8. The molecule has 36 heavy (non-hydrogen) atoms. The molecule has 1 aromatic rings. The van der Waals surface area contributed by atoms with Crippen LogP contribution in [0.15, 0.2) is 30.3 Å². The van der Waals surface area contributed by atoms with Gasteiger partial charge in [0.15, 0.2) is 0 Å². The van der Waals surface area contributed by atoms with E-state index in [0.717, 1.165) is 13.1 Å². The first-order chi connectivity index (χ1) is 17.4. The number of ether oxygens (including phenoxy) is 2. The second-order valence-corrected chi connectivity index (χ2v) is 11.2. The van der Waals surface area contributed by atoms with Crippen molar-refractivity contribution >= 4 is 39.3 Å². The predicted molar refractivity (Wildman–Crippen MR) is 134 cm³/mol. The highest BCUT2D eigenvalue weighted by atomic mass is 79.9. The number of alkyl halides is 1. The topological polar surface area (TPSA) is 120 Å². The smallest absolute Gasteiger partial charge is 0.245 e. The molecule has 2 bridgehead atoms. The molecule has 0 saturated carbocycles. The van der Waals surface area contributed by atoms with Crippen molar-refractivity contribution in [2.75, 3.05) is 51.3 Å². The number of morpholine rings is 1. The maximum atomic E-state index is 13.8. The van der Waals surface area contributed by atoms with E-state index in [9.17, 15) is 19.5 Å². The molecule has 7 atom stereocenters. The predicted octanol–water partition coefficient (Wildman–Crippen LogP) is 0.202. The molecule has 196 valence electrons. The lowest BCUT2D eigenvalue weighted by Crippen LogP contribution is -2.58. The standard InChI is InChI=1S/C25H33BrN4O6/c1-15(14-31)30-21(23(33)27-7-8-29-9-11-35-12-10-29)25-13-17(26)20(36-25)18(19(25)24(30)34)22(32)28-16-5-3-2-4-6-16/h2-6,15,17-21,31H,7-14H2,1H3,(H,27,33)(H,28,32)/t15-,17?,18-,19+,20-,21?,25?/m1/s1. The van der Waals surface area contributed by atoms with Crippen molar-refractivity contribution in [3.63, 3.8) is 0 Å². The lowest BCUT2D eigenvalue weighted by atomic mass is 9.70. The third kappa shape index (κ3) is 4.34. The van der Waals surface area contributed by atoms with Crippen molar-refractivity contribution in [2.45, 2.75) is 42.0 Å². The zero-order chi connectivity index (χ0) is 25.4. The molecule has 4 aliphatic heterocycles. The summed E-state index contributed by atoms with van der Waals surface area (Å²) in [5, 5.41) is 15.9.